The molecule has 2 atom stereocenters. The number of benzene rings is 1. The summed E-state index contributed by atoms with van der Waals surface area (Å²) < 4.78 is 10.8. The molecule has 0 spiro atoms. The van der Waals surface area contributed by atoms with Crippen LogP contribution in [0, 0.1) is 0 Å². The fraction of sp³-hybridized carbons (Fsp3) is 0.467. The van der Waals surface area contributed by atoms with Crippen molar-refractivity contribution >= 4 is 23.4 Å². The van der Waals surface area contributed by atoms with Crippen LogP contribution in [-0.4, -0.2) is 55.1 Å². The average molecular weight is 327 g/mol. The van der Waals surface area contributed by atoms with Crippen molar-refractivity contribution in [3.8, 4) is 0 Å². The molecule has 0 radical (unpaired) electrons. The van der Waals surface area contributed by atoms with Crippen molar-refractivity contribution in [1.82, 2.24) is 4.90 Å². The molecular weight excluding hydrogens is 308 g/mol. The summed E-state index contributed by atoms with van der Waals surface area (Å²) in [6, 6.07) is 6.68. The van der Waals surface area contributed by atoms with Gasteiger partial charge in [0.05, 0.1) is 19.3 Å². The topological polar surface area (TPSA) is 81.9 Å². The molecule has 2 N–H and O–H groups in total. The van der Waals surface area contributed by atoms with Crippen molar-refractivity contribution in [2.75, 3.05) is 26.2 Å². The van der Waals surface area contributed by atoms with Gasteiger partial charge in [0.2, 0.25) is 11.8 Å². The lowest BCUT2D eigenvalue weighted by Crippen LogP contribution is -2.47. The van der Waals surface area contributed by atoms with Crippen molar-refractivity contribution in [2.45, 2.75) is 18.7 Å². The molecule has 0 aliphatic carbocycles. The molecule has 0 bridgehead atoms. The van der Waals surface area contributed by atoms with Gasteiger partial charge in [0.25, 0.3) is 0 Å². The Morgan fingerprint density at radius 2 is 2.23 bits per heavy atom. The Morgan fingerprint density at radius 1 is 1.45 bits per heavy atom. The van der Waals surface area contributed by atoms with E-state index >= 15 is 0 Å². The first-order valence-electron chi connectivity index (χ1n) is 6.91. The SMILES string of the molecule is CO[C@@H]1COC[C@@H]1N(Cc1cccc(C(N)=O)c1)C(=O)CCl. The number of primary amides is 1. The Balaban J connectivity index is 2.21. The average Bonchev–Trinajstić information content (AvgIpc) is 3.00. The lowest BCUT2D eigenvalue weighted by atomic mass is 10.1. The molecule has 1 aromatic carbocycles. The van der Waals surface area contributed by atoms with Crippen LogP contribution in [0.3, 0.4) is 0 Å². The fourth-order valence-electron chi connectivity index (χ4n) is 2.53. The number of ether oxygens (including phenoxy) is 2. The number of hydrogen-bond acceptors (Lipinski definition) is 4. The predicted octanol–water partition coefficient (Wildman–Crippen LogP) is 0.767. The zero-order valence-electron chi connectivity index (χ0n) is 12.3. The van der Waals surface area contributed by atoms with Crippen molar-refractivity contribution in [3.05, 3.63) is 35.4 Å². The number of nitrogens with zero attached hydrogens (tertiary/aromatic N) is 1. The molecule has 1 aromatic rings. The highest BCUT2D eigenvalue weighted by atomic mass is 35.5. The molecule has 1 saturated heterocycles. The van der Waals surface area contributed by atoms with Crippen molar-refractivity contribution in [3.63, 3.8) is 0 Å². The van der Waals surface area contributed by atoms with Crippen LogP contribution in [0.4, 0.5) is 0 Å². The molecule has 1 aliphatic heterocycles. The smallest absolute Gasteiger partial charge is 0.248 e. The quantitative estimate of drug-likeness (QED) is 0.783. The van der Waals surface area contributed by atoms with Crippen molar-refractivity contribution < 1.29 is 19.1 Å². The molecule has 22 heavy (non-hydrogen) atoms. The standard InChI is InChI=1S/C15H19ClN2O4/c1-21-13-9-22-8-12(13)18(14(19)6-16)7-10-3-2-4-11(5-10)15(17)20/h2-5,12-13H,6-9H2,1H3,(H2,17,20)/t12-,13+/m0/s1. The Bertz CT molecular complexity index is 552. The first-order valence-corrected chi connectivity index (χ1v) is 7.45. The fourth-order valence-corrected chi connectivity index (χ4v) is 2.68. The molecule has 0 saturated carbocycles. The molecule has 2 amide bonds. The summed E-state index contributed by atoms with van der Waals surface area (Å²) in [7, 11) is 1.59. The van der Waals surface area contributed by atoms with E-state index < -0.39 is 5.91 Å². The Kier molecular flexibility index (Phi) is 5.76. The van der Waals surface area contributed by atoms with E-state index in [1.165, 1.54) is 0 Å². The minimum absolute atomic E-state index is 0.123. The highest BCUT2D eigenvalue weighted by Crippen LogP contribution is 2.20. The van der Waals surface area contributed by atoms with E-state index in [4.69, 9.17) is 26.8 Å². The predicted molar refractivity (Wildman–Crippen MR) is 81.6 cm³/mol. The third-order valence-electron chi connectivity index (χ3n) is 3.70. The maximum Gasteiger partial charge on any atom is 0.248 e. The number of hydrogen-bond donors (Lipinski definition) is 1. The molecular formula is C15H19ClN2O4. The van der Waals surface area contributed by atoms with Crippen LogP contribution in [0.2, 0.25) is 0 Å². The van der Waals surface area contributed by atoms with Crippen LogP contribution >= 0.6 is 11.6 Å². The summed E-state index contributed by atoms with van der Waals surface area (Å²) in [6.07, 6.45) is -0.188. The second-order valence-corrected chi connectivity index (χ2v) is 5.37. The van der Waals surface area contributed by atoms with E-state index in [1.807, 2.05) is 6.07 Å². The maximum absolute atomic E-state index is 12.2. The van der Waals surface area contributed by atoms with Crippen LogP contribution < -0.4 is 5.73 Å². The summed E-state index contributed by atoms with van der Waals surface area (Å²) in [5.74, 6) is -0.831. The second kappa shape index (κ2) is 7.58. The van der Waals surface area contributed by atoms with Gasteiger partial charge in [-0.3, -0.25) is 9.59 Å². The summed E-state index contributed by atoms with van der Waals surface area (Å²) in [4.78, 5) is 25.1. The van der Waals surface area contributed by atoms with Gasteiger partial charge < -0.3 is 20.1 Å². The highest BCUT2D eigenvalue weighted by molar-refractivity contribution is 6.27. The molecule has 1 heterocycles. The first kappa shape index (κ1) is 16.7. The minimum Gasteiger partial charge on any atom is -0.377 e. The van der Waals surface area contributed by atoms with E-state index in [1.54, 1.807) is 30.2 Å². The Morgan fingerprint density at radius 3 is 2.86 bits per heavy atom. The van der Waals surface area contributed by atoms with Gasteiger partial charge in [-0.05, 0) is 17.7 Å². The van der Waals surface area contributed by atoms with Gasteiger partial charge in [-0.1, -0.05) is 12.1 Å². The van der Waals surface area contributed by atoms with E-state index in [-0.39, 0.29) is 23.9 Å². The van der Waals surface area contributed by atoms with Gasteiger partial charge in [0.1, 0.15) is 12.0 Å². The number of carbonyl (C=O) groups is 2. The van der Waals surface area contributed by atoms with Gasteiger partial charge in [-0.25, -0.2) is 0 Å². The van der Waals surface area contributed by atoms with E-state index in [0.29, 0.717) is 25.3 Å². The highest BCUT2D eigenvalue weighted by Gasteiger charge is 2.35. The summed E-state index contributed by atoms with van der Waals surface area (Å²) in [5.41, 5.74) is 6.49. The molecule has 120 valence electrons. The molecule has 7 heteroatoms. The van der Waals surface area contributed by atoms with Crippen LogP contribution in [0.1, 0.15) is 15.9 Å². The van der Waals surface area contributed by atoms with Gasteiger partial charge in [0, 0.05) is 19.2 Å². The van der Waals surface area contributed by atoms with E-state index in [2.05, 4.69) is 0 Å². The number of halogens is 1. The number of nitrogens with two attached hydrogens (primary N) is 1. The number of alkyl halides is 1. The lowest BCUT2D eigenvalue weighted by Gasteiger charge is -2.31. The number of rotatable bonds is 6. The zero-order chi connectivity index (χ0) is 16.1. The summed E-state index contributed by atoms with van der Waals surface area (Å²) in [5, 5.41) is 0. The number of amides is 2. The lowest BCUT2D eigenvalue weighted by molar-refractivity contribution is -0.133. The first-order chi connectivity index (χ1) is 10.6. The van der Waals surface area contributed by atoms with Crippen LogP contribution in [0.5, 0.6) is 0 Å². The van der Waals surface area contributed by atoms with Crippen LogP contribution in [-0.2, 0) is 20.8 Å². The molecule has 0 aromatic heterocycles. The molecule has 1 fully saturated rings. The molecule has 6 nitrogen and oxygen atoms in total. The number of carbonyl (C=O) groups excluding carboxylic acids is 2. The van der Waals surface area contributed by atoms with Gasteiger partial charge in [0.15, 0.2) is 0 Å². The monoisotopic (exact) mass is 326 g/mol. The van der Waals surface area contributed by atoms with Crippen LogP contribution in [0.15, 0.2) is 24.3 Å². The molecule has 2 rings (SSSR count). The summed E-state index contributed by atoms with van der Waals surface area (Å²) >= 11 is 5.72. The van der Waals surface area contributed by atoms with Gasteiger partial charge in [-0.2, -0.15) is 0 Å². The second-order valence-electron chi connectivity index (χ2n) is 5.10. The van der Waals surface area contributed by atoms with Crippen molar-refractivity contribution in [2.24, 2.45) is 5.73 Å². The zero-order valence-corrected chi connectivity index (χ0v) is 13.1. The maximum atomic E-state index is 12.2. The van der Waals surface area contributed by atoms with Crippen molar-refractivity contribution in [1.29, 1.82) is 0 Å². The van der Waals surface area contributed by atoms with Gasteiger partial charge >= 0.3 is 0 Å². The van der Waals surface area contributed by atoms with Gasteiger partial charge in [-0.15, -0.1) is 11.6 Å². The third-order valence-corrected chi connectivity index (χ3v) is 3.93. The van der Waals surface area contributed by atoms with Crippen LogP contribution in [0.25, 0.3) is 0 Å². The Labute approximate surface area is 134 Å². The minimum atomic E-state index is -0.504. The Hall–Kier alpha value is -1.63. The third kappa shape index (κ3) is 3.76. The molecule has 0 unspecified atom stereocenters. The summed E-state index contributed by atoms with van der Waals surface area (Å²) in [6.45, 7) is 1.16. The van der Waals surface area contributed by atoms with E-state index in [9.17, 15) is 9.59 Å². The molecule has 1 aliphatic rings. The number of methoxy groups -OCH3 is 1. The largest absolute Gasteiger partial charge is 0.377 e. The van der Waals surface area contributed by atoms with E-state index in [0.717, 1.165) is 5.56 Å². The normalized spacial score (nSPS) is 20.8.